The second-order valence-electron chi connectivity index (χ2n) is 1.90. The van der Waals surface area contributed by atoms with Gasteiger partial charge in [0, 0.05) is 11.4 Å². The lowest BCUT2D eigenvalue weighted by Gasteiger charge is -2.21. The molecule has 0 aromatic heterocycles. The number of hydrogen-bond acceptors (Lipinski definition) is 1. The van der Waals surface area contributed by atoms with Gasteiger partial charge >= 0.3 is 0 Å². The van der Waals surface area contributed by atoms with Gasteiger partial charge in [-0.1, -0.05) is 31.9 Å². The topological polar surface area (TPSA) is 9.23 Å². The average Bonchev–Trinajstić information content (AvgIpc) is 1.77. The van der Waals surface area contributed by atoms with Crippen molar-refractivity contribution in [2.24, 2.45) is 0 Å². The molecular weight excluding hydrogens is 236 g/mol. The minimum absolute atomic E-state index is 0.510. The summed E-state index contributed by atoms with van der Waals surface area (Å²) >= 11 is 7.01. The highest BCUT2D eigenvalue weighted by Crippen LogP contribution is 2.21. The molecule has 0 spiro atoms. The first kappa shape index (κ1) is 7.03. The van der Waals surface area contributed by atoms with Crippen LogP contribution in [-0.2, 0) is 4.74 Å². The van der Waals surface area contributed by atoms with E-state index in [1.54, 1.807) is 0 Å². The zero-order valence-corrected chi connectivity index (χ0v) is 7.61. The summed E-state index contributed by atoms with van der Waals surface area (Å²) in [5.74, 6) is 0. The fourth-order valence-corrected chi connectivity index (χ4v) is 1.47. The van der Waals surface area contributed by atoms with Gasteiger partial charge in [-0.15, -0.1) is 0 Å². The van der Waals surface area contributed by atoms with Gasteiger partial charge in [0.15, 0.2) is 0 Å². The van der Waals surface area contributed by atoms with Crippen molar-refractivity contribution >= 4 is 31.9 Å². The van der Waals surface area contributed by atoms with Crippen molar-refractivity contribution in [2.45, 2.75) is 16.1 Å². The fourth-order valence-electron chi connectivity index (χ4n) is 0.677. The van der Waals surface area contributed by atoms with Crippen molar-refractivity contribution in [3.63, 3.8) is 0 Å². The molecular formula is C5H8Br2O. The largest absolute Gasteiger partial charge is 0.380 e. The molecule has 1 fully saturated rings. The zero-order chi connectivity index (χ0) is 5.98. The maximum atomic E-state index is 5.18. The lowest BCUT2D eigenvalue weighted by Crippen LogP contribution is -2.27. The molecule has 1 saturated heterocycles. The van der Waals surface area contributed by atoms with Crippen LogP contribution in [0.25, 0.3) is 0 Å². The minimum Gasteiger partial charge on any atom is -0.380 e. The molecule has 0 bridgehead atoms. The monoisotopic (exact) mass is 242 g/mol. The predicted octanol–water partition coefficient (Wildman–Crippen LogP) is 1.93. The normalized spacial score (nSPS) is 39.8. The van der Waals surface area contributed by atoms with Crippen LogP contribution in [0.1, 0.15) is 6.42 Å². The Morgan fingerprint density at radius 2 is 2.00 bits per heavy atom. The molecule has 0 saturated carbocycles. The summed E-state index contributed by atoms with van der Waals surface area (Å²) in [5.41, 5.74) is 0. The Hall–Kier alpha value is 0.920. The van der Waals surface area contributed by atoms with Crippen molar-refractivity contribution in [3.8, 4) is 0 Å². The van der Waals surface area contributed by atoms with Gasteiger partial charge in [0.1, 0.15) is 0 Å². The third kappa shape index (κ3) is 1.71. The lowest BCUT2D eigenvalue weighted by molar-refractivity contribution is 0.107. The molecule has 48 valence electrons. The van der Waals surface area contributed by atoms with Crippen LogP contribution in [0.15, 0.2) is 0 Å². The van der Waals surface area contributed by atoms with Crippen LogP contribution in [0.2, 0.25) is 0 Å². The maximum Gasteiger partial charge on any atom is 0.0602 e. The van der Waals surface area contributed by atoms with Crippen molar-refractivity contribution in [1.82, 2.24) is 0 Å². The van der Waals surface area contributed by atoms with E-state index >= 15 is 0 Å². The first-order valence-corrected chi connectivity index (χ1v) is 4.49. The number of alkyl halides is 2. The van der Waals surface area contributed by atoms with Crippen molar-refractivity contribution in [2.75, 3.05) is 13.2 Å². The summed E-state index contributed by atoms with van der Waals surface area (Å²) in [6, 6.07) is 0. The quantitative estimate of drug-likeness (QED) is 0.591. The summed E-state index contributed by atoms with van der Waals surface area (Å²) in [5, 5.41) is 0. The summed E-state index contributed by atoms with van der Waals surface area (Å²) < 4.78 is 5.18. The molecule has 1 heterocycles. The van der Waals surface area contributed by atoms with E-state index in [0.29, 0.717) is 9.65 Å². The van der Waals surface area contributed by atoms with Crippen molar-refractivity contribution in [3.05, 3.63) is 0 Å². The lowest BCUT2D eigenvalue weighted by atomic mass is 10.2. The Bertz CT molecular complexity index is 66.8. The number of hydrogen-bond donors (Lipinski definition) is 0. The number of halogens is 2. The van der Waals surface area contributed by atoms with Crippen molar-refractivity contribution < 1.29 is 4.74 Å². The van der Waals surface area contributed by atoms with Crippen LogP contribution < -0.4 is 0 Å². The minimum atomic E-state index is 0.510. The molecule has 8 heavy (non-hydrogen) atoms. The van der Waals surface area contributed by atoms with E-state index in [0.717, 1.165) is 19.6 Å². The van der Waals surface area contributed by atoms with E-state index in [-0.39, 0.29) is 0 Å². The molecule has 0 radical (unpaired) electrons. The van der Waals surface area contributed by atoms with Crippen LogP contribution in [-0.4, -0.2) is 22.9 Å². The molecule has 1 aliphatic rings. The van der Waals surface area contributed by atoms with Gasteiger partial charge < -0.3 is 4.74 Å². The number of rotatable bonds is 0. The molecule has 2 atom stereocenters. The molecule has 0 N–H and O–H groups in total. The standard InChI is InChI=1S/C5H8Br2O/c6-4-1-2-8-3-5(4)7/h4-5H,1-3H2. The summed E-state index contributed by atoms with van der Waals surface area (Å²) in [4.78, 5) is 1.12. The smallest absolute Gasteiger partial charge is 0.0602 e. The first-order valence-electron chi connectivity index (χ1n) is 2.66. The van der Waals surface area contributed by atoms with Crippen LogP contribution in [0.3, 0.4) is 0 Å². The molecule has 0 aromatic carbocycles. The van der Waals surface area contributed by atoms with Crippen molar-refractivity contribution in [1.29, 1.82) is 0 Å². The molecule has 1 rings (SSSR count). The molecule has 3 heteroatoms. The van der Waals surface area contributed by atoms with Gasteiger partial charge in [0.05, 0.1) is 11.4 Å². The van der Waals surface area contributed by atoms with Gasteiger partial charge in [-0.25, -0.2) is 0 Å². The third-order valence-corrected chi connectivity index (χ3v) is 3.92. The Morgan fingerprint density at radius 1 is 1.25 bits per heavy atom. The molecule has 0 aromatic rings. The van der Waals surface area contributed by atoms with Gasteiger partial charge in [-0.3, -0.25) is 0 Å². The third-order valence-electron chi connectivity index (χ3n) is 1.21. The van der Waals surface area contributed by atoms with E-state index in [9.17, 15) is 0 Å². The van der Waals surface area contributed by atoms with Gasteiger partial charge in [-0.2, -0.15) is 0 Å². The van der Waals surface area contributed by atoms with Gasteiger partial charge in [0.2, 0.25) is 0 Å². The van der Waals surface area contributed by atoms with Crippen LogP contribution in [0.4, 0.5) is 0 Å². The maximum absolute atomic E-state index is 5.18. The highest BCUT2D eigenvalue weighted by molar-refractivity contribution is 9.12. The highest BCUT2D eigenvalue weighted by Gasteiger charge is 2.19. The highest BCUT2D eigenvalue weighted by atomic mass is 79.9. The van der Waals surface area contributed by atoms with E-state index < -0.39 is 0 Å². The molecule has 2 unspecified atom stereocenters. The second-order valence-corrected chi connectivity index (χ2v) is 4.25. The molecule has 0 amide bonds. The first-order chi connectivity index (χ1) is 3.80. The number of ether oxygens (including phenoxy) is 1. The Labute approximate surface area is 66.0 Å². The fraction of sp³-hybridized carbons (Fsp3) is 1.00. The summed E-state index contributed by atoms with van der Waals surface area (Å²) in [6.07, 6.45) is 1.12. The predicted molar refractivity (Wildman–Crippen MR) is 40.9 cm³/mol. The molecule has 1 nitrogen and oxygen atoms in total. The Morgan fingerprint density at radius 3 is 2.38 bits per heavy atom. The van der Waals surface area contributed by atoms with Crippen LogP contribution >= 0.6 is 31.9 Å². The van der Waals surface area contributed by atoms with Crippen LogP contribution in [0, 0.1) is 0 Å². The van der Waals surface area contributed by atoms with E-state index in [4.69, 9.17) is 4.74 Å². The molecule has 1 aliphatic heterocycles. The zero-order valence-electron chi connectivity index (χ0n) is 4.44. The average molecular weight is 244 g/mol. The Balaban J connectivity index is 2.28. The van der Waals surface area contributed by atoms with E-state index in [1.165, 1.54) is 0 Å². The van der Waals surface area contributed by atoms with Gasteiger partial charge in [0.25, 0.3) is 0 Å². The Kier molecular flexibility index (Phi) is 2.80. The second kappa shape index (κ2) is 3.18. The SMILES string of the molecule is BrC1CCOCC1Br. The summed E-state index contributed by atoms with van der Waals surface area (Å²) in [6.45, 7) is 1.74. The van der Waals surface area contributed by atoms with Gasteiger partial charge in [-0.05, 0) is 6.42 Å². The van der Waals surface area contributed by atoms with Crippen LogP contribution in [0.5, 0.6) is 0 Å². The molecule has 0 aliphatic carbocycles. The summed E-state index contributed by atoms with van der Waals surface area (Å²) in [7, 11) is 0. The van der Waals surface area contributed by atoms with E-state index in [1.807, 2.05) is 0 Å². The van der Waals surface area contributed by atoms with E-state index in [2.05, 4.69) is 31.9 Å².